The third-order valence-corrected chi connectivity index (χ3v) is 4.76. The van der Waals surface area contributed by atoms with E-state index in [4.69, 9.17) is 4.74 Å². The number of ether oxygens (including phenoxy) is 1. The molecule has 0 saturated heterocycles. The van der Waals surface area contributed by atoms with Crippen LogP contribution in [0.3, 0.4) is 0 Å². The van der Waals surface area contributed by atoms with E-state index in [1.165, 1.54) is 0 Å². The first kappa shape index (κ1) is 18.6. The number of amides is 2. The number of carbonyl (C=O) groups is 2. The van der Waals surface area contributed by atoms with Crippen molar-refractivity contribution in [3.63, 3.8) is 0 Å². The molecule has 0 spiro atoms. The Labute approximate surface area is 167 Å². The second-order valence-electron chi connectivity index (χ2n) is 6.96. The van der Waals surface area contributed by atoms with Gasteiger partial charge in [0.25, 0.3) is 5.91 Å². The van der Waals surface area contributed by atoms with Crippen molar-refractivity contribution in [3.05, 3.63) is 48.5 Å². The van der Waals surface area contributed by atoms with Crippen molar-refractivity contribution in [3.8, 4) is 22.8 Å². The minimum absolute atomic E-state index is 0.264. The quantitative estimate of drug-likeness (QED) is 0.596. The Kier molecular flexibility index (Phi) is 4.71. The van der Waals surface area contributed by atoms with Crippen LogP contribution in [0.4, 0.5) is 5.82 Å². The molecular formula is C20H20N6O3. The minimum atomic E-state index is -0.799. The van der Waals surface area contributed by atoms with Crippen LogP contribution in [-0.4, -0.2) is 37.6 Å². The third kappa shape index (κ3) is 3.93. The average Bonchev–Trinajstić information content (AvgIpc) is 3.36. The first-order valence-electron chi connectivity index (χ1n) is 9.12. The number of nitrogens with zero attached hydrogens (tertiary/aromatic N) is 4. The molecule has 1 aliphatic carbocycles. The third-order valence-electron chi connectivity index (χ3n) is 4.76. The summed E-state index contributed by atoms with van der Waals surface area (Å²) < 4.78 is 7.67. The average molecular weight is 392 g/mol. The molecule has 2 N–H and O–H groups in total. The second-order valence-corrected chi connectivity index (χ2v) is 6.96. The fourth-order valence-electron chi connectivity index (χ4n) is 2.95. The van der Waals surface area contributed by atoms with Crippen LogP contribution in [0.25, 0.3) is 11.3 Å². The van der Waals surface area contributed by atoms with Crippen molar-refractivity contribution in [1.29, 1.82) is 0 Å². The minimum Gasteiger partial charge on any atom is -0.455 e. The van der Waals surface area contributed by atoms with Gasteiger partial charge in [-0.15, -0.1) is 0 Å². The number of hydrogen-bond acceptors (Lipinski definition) is 6. The summed E-state index contributed by atoms with van der Waals surface area (Å²) in [5.41, 5.74) is 1.47. The summed E-state index contributed by atoms with van der Waals surface area (Å²) in [5, 5.41) is 9.48. The van der Waals surface area contributed by atoms with Crippen molar-refractivity contribution < 1.29 is 14.3 Å². The van der Waals surface area contributed by atoms with Crippen LogP contribution in [-0.2, 0) is 16.6 Å². The monoisotopic (exact) mass is 392 g/mol. The number of carbonyl (C=O) groups excluding carboxylic acids is 2. The van der Waals surface area contributed by atoms with Crippen LogP contribution in [0.2, 0.25) is 0 Å². The van der Waals surface area contributed by atoms with Gasteiger partial charge in [-0.25, -0.2) is 4.98 Å². The van der Waals surface area contributed by atoms with E-state index in [-0.39, 0.29) is 5.91 Å². The highest BCUT2D eigenvalue weighted by molar-refractivity contribution is 6.00. The van der Waals surface area contributed by atoms with E-state index in [0.717, 1.165) is 11.3 Å². The van der Waals surface area contributed by atoms with E-state index in [2.05, 4.69) is 25.7 Å². The Morgan fingerprint density at radius 3 is 2.79 bits per heavy atom. The number of aromatic nitrogens is 4. The lowest BCUT2D eigenvalue weighted by molar-refractivity contribution is -0.122. The van der Waals surface area contributed by atoms with Gasteiger partial charge in [-0.2, -0.15) is 5.10 Å². The zero-order valence-corrected chi connectivity index (χ0v) is 16.0. The lowest BCUT2D eigenvalue weighted by Crippen LogP contribution is -2.42. The predicted molar refractivity (Wildman–Crippen MR) is 105 cm³/mol. The predicted octanol–water partition coefficient (Wildman–Crippen LogP) is 2.19. The Morgan fingerprint density at radius 2 is 2.14 bits per heavy atom. The maximum Gasteiger partial charge on any atom is 0.251 e. The van der Waals surface area contributed by atoms with Crippen molar-refractivity contribution in [2.24, 2.45) is 7.05 Å². The Balaban J connectivity index is 1.48. The molecule has 3 aromatic rings. The van der Waals surface area contributed by atoms with Gasteiger partial charge in [0.05, 0.1) is 17.6 Å². The van der Waals surface area contributed by atoms with Crippen LogP contribution < -0.4 is 15.4 Å². The summed E-state index contributed by atoms with van der Waals surface area (Å²) in [6.07, 6.45) is 7.09. The summed E-state index contributed by atoms with van der Waals surface area (Å²) in [6, 6.07) is 7.00. The molecule has 0 atom stereocenters. The van der Waals surface area contributed by atoms with Crippen molar-refractivity contribution in [1.82, 2.24) is 25.1 Å². The lowest BCUT2D eigenvalue weighted by Gasteiger charge is -2.15. The fourth-order valence-corrected chi connectivity index (χ4v) is 2.95. The van der Waals surface area contributed by atoms with Gasteiger partial charge < -0.3 is 15.4 Å². The van der Waals surface area contributed by atoms with E-state index in [0.29, 0.717) is 42.3 Å². The molecule has 3 aromatic heterocycles. The number of anilines is 1. The number of hydrogen-bond donors (Lipinski definition) is 2. The molecule has 1 saturated carbocycles. The molecular weight excluding hydrogens is 372 g/mol. The molecule has 1 fully saturated rings. The molecule has 0 bridgehead atoms. The van der Waals surface area contributed by atoms with Gasteiger partial charge in [-0.1, -0.05) is 0 Å². The first-order valence-corrected chi connectivity index (χ1v) is 9.12. The van der Waals surface area contributed by atoms with Gasteiger partial charge in [-0.05, 0) is 38.0 Å². The summed E-state index contributed by atoms with van der Waals surface area (Å²) in [7, 11) is 1.85. The number of aryl methyl sites for hydroxylation is 2. The Bertz CT molecular complexity index is 1070. The molecule has 1 aliphatic rings. The molecule has 4 rings (SSSR count). The molecule has 29 heavy (non-hydrogen) atoms. The van der Waals surface area contributed by atoms with Gasteiger partial charge in [0.2, 0.25) is 6.41 Å². The smallest absolute Gasteiger partial charge is 0.251 e. The largest absolute Gasteiger partial charge is 0.455 e. The van der Waals surface area contributed by atoms with E-state index in [1.807, 2.05) is 19.3 Å². The molecule has 9 nitrogen and oxygen atoms in total. The van der Waals surface area contributed by atoms with Gasteiger partial charge in [-0.3, -0.25) is 19.3 Å². The highest BCUT2D eigenvalue weighted by atomic mass is 16.5. The highest BCUT2D eigenvalue weighted by Crippen LogP contribution is 2.36. The normalized spacial score (nSPS) is 14.1. The summed E-state index contributed by atoms with van der Waals surface area (Å²) >= 11 is 0. The highest BCUT2D eigenvalue weighted by Gasteiger charge is 2.49. The fraction of sp³-hybridized carbons (Fsp3) is 0.250. The standard InChI is InChI=1S/C20H20N6O3/c1-13-17(3-4-18(24-13)25-19(28)20(6-7-20)22-12-27)29-15-5-8-21-16(9-15)14-10-23-26(2)11-14/h3-5,8-12H,6-7H2,1-2H3,(H,22,27)(H,24,25,28). The van der Waals surface area contributed by atoms with Crippen molar-refractivity contribution in [2.75, 3.05) is 5.32 Å². The molecule has 0 aliphatic heterocycles. The van der Waals surface area contributed by atoms with Gasteiger partial charge in [0.15, 0.2) is 0 Å². The maximum absolute atomic E-state index is 12.3. The van der Waals surface area contributed by atoms with Crippen LogP contribution in [0.15, 0.2) is 42.9 Å². The molecule has 0 aromatic carbocycles. The van der Waals surface area contributed by atoms with E-state index < -0.39 is 5.54 Å². The van der Waals surface area contributed by atoms with E-state index in [9.17, 15) is 9.59 Å². The molecule has 0 unspecified atom stereocenters. The van der Waals surface area contributed by atoms with Gasteiger partial charge >= 0.3 is 0 Å². The van der Waals surface area contributed by atoms with Crippen molar-refractivity contribution in [2.45, 2.75) is 25.3 Å². The van der Waals surface area contributed by atoms with Crippen LogP contribution >= 0.6 is 0 Å². The Morgan fingerprint density at radius 1 is 1.31 bits per heavy atom. The zero-order valence-electron chi connectivity index (χ0n) is 16.0. The van der Waals surface area contributed by atoms with Crippen LogP contribution in [0.1, 0.15) is 18.5 Å². The lowest BCUT2D eigenvalue weighted by atomic mass is 10.2. The summed E-state index contributed by atoms with van der Waals surface area (Å²) in [4.78, 5) is 31.7. The van der Waals surface area contributed by atoms with Crippen LogP contribution in [0.5, 0.6) is 11.5 Å². The number of rotatable bonds is 7. The molecule has 0 radical (unpaired) electrons. The number of pyridine rings is 2. The SMILES string of the molecule is Cc1nc(NC(=O)C2(NC=O)CC2)ccc1Oc1ccnc(-c2cnn(C)c2)c1. The first-order chi connectivity index (χ1) is 14.0. The summed E-state index contributed by atoms with van der Waals surface area (Å²) in [6.45, 7) is 1.80. The van der Waals surface area contributed by atoms with Crippen molar-refractivity contribution >= 4 is 18.1 Å². The second kappa shape index (κ2) is 7.34. The topological polar surface area (TPSA) is 111 Å². The van der Waals surface area contributed by atoms with Gasteiger partial charge in [0.1, 0.15) is 22.9 Å². The zero-order chi connectivity index (χ0) is 20.4. The molecule has 148 valence electrons. The maximum atomic E-state index is 12.3. The van der Waals surface area contributed by atoms with Crippen LogP contribution in [0, 0.1) is 6.92 Å². The molecule has 2 amide bonds. The van der Waals surface area contributed by atoms with E-state index >= 15 is 0 Å². The molecule has 3 heterocycles. The number of nitrogens with one attached hydrogen (secondary N) is 2. The molecule has 9 heteroatoms. The summed E-state index contributed by atoms with van der Waals surface area (Å²) in [5.74, 6) is 1.33. The van der Waals surface area contributed by atoms with E-state index in [1.54, 1.807) is 42.2 Å². The Hall–Kier alpha value is -3.75. The van der Waals surface area contributed by atoms with Gasteiger partial charge in [0, 0.05) is 31.1 Å².